The fourth-order valence-corrected chi connectivity index (χ4v) is 4.72. The molecule has 8 nitrogen and oxygen atoms in total. The summed E-state index contributed by atoms with van der Waals surface area (Å²) in [5.41, 5.74) is 0.227. The summed E-state index contributed by atoms with van der Waals surface area (Å²) in [5.74, 6) is -2.10. The van der Waals surface area contributed by atoms with Gasteiger partial charge in [-0.2, -0.15) is 4.31 Å². The number of carbonyl (C=O) groups is 2. The maximum absolute atomic E-state index is 12.8. The normalized spacial score (nSPS) is 22.7. The molecule has 2 heterocycles. The third-order valence-electron chi connectivity index (χ3n) is 4.29. The van der Waals surface area contributed by atoms with Gasteiger partial charge in [-0.3, -0.25) is 9.59 Å². The highest BCUT2D eigenvalue weighted by atomic mass is 32.2. The van der Waals surface area contributed by atoms with Gasteiger partial charge in [0, 0.05) is 32.9 Å². The molecule has 0 aromatic carbocycles. The Morgan fingerprint density at radius 1 is 1.39 bits per heavy atom. The lowest BCUT2D eigenvalue weighted by molar-refractivity contribution is -0.144. The lowest BCUT2D eigenvalue weighted by atomic mass is 9.92. The number of nitrogens with one attached hydrogen (secondary N) is 1. The molecule has 0 unspecified atom stereocenters. The summed E-state index contributed by atoms with van der Waals surface area (Å²) >= 11 is 0. The monoisotopic (exact) mass is 343 g/mol. The molecular formula is C14H21N3O5S. The minimum Gasteiger partial charge on any atom is -0.481 e. The van der Waals surface area contributed by atoms with Crippen molar-refractivity contribution in [1.82, 2.24) is 14.2 Å². The van der Waals surface area contributed by atoms with Gasteiger partial charge in [0.2, 0.25) is 10.0 Å². The maximum Gasteiger partial charge on any atom is 0.308 e. The van der Waals surface area contributed by atoms with Crippen LogP contribution < -0.4 is 5.32 Å². The van der Waals surface area contributed by atoms with Crippen molar-refractivity contribution in [3.63, 3.8) is 0 Å². The quantitative estimate of drug-likeness (QED) is 0.815. The number of aromatic nitrogens is 1. The van der Waals surface area contributed by atoms with E-state index in [-0.39, 0.29) is 23.0 Å². The van der Waals surface area contributed by atoms with Crippen LogP contribution in [0.4, 0.5) is 0 Å². The number of hydrogen-bond donors (Lipinski definition) is 2. The van der Waals surface area contributed by atoms with E-state index >= 15 is 0 Å². The summed E-state index contributed by atoms with van der Waals surface area (Å²) in [6, 6.07) is 0.681. The van der Waals surface area contributed by atoms with Crippen LogP contribution in [0.15, 0.2) is 17.2 Å². The number of hydrogen-bond acceptors (Lipinski definition) is 4. The summed E-state index contributed by atoms with van der Waals surface area (Å²) < 4.78 is 28.3. The van der Waals surface area contributed by atoms with E-state index in [2.05, 4.69) is 5.32 Å². The molecule has 1 saturated heterocycles. The maximum atomic E-state index is 12.8. The second-order valence-electron chi connectivity index (χ2n) is 5.69. The van der Waals surface area contributed by atoms with E-state index in [1.807, 2.05) is 0 Å². The van der Waals surface area contributed by atoms with Crippen molar-refractivity contribution in [2.45, 2.75) is 30.7 Å². The lowest BCUT2D eigenvalue weighted by Gasteiger charge is -2.36. The molecule has 0 saturated carbocycles. The zero-order chi connectivity index (χ0) is 17.4. The minimum atomic E-state index is -3.85. The lowest BCUT2D eigenvalue weighted by Crippen LogP contribution is -2.48. The first kappa shape index (κ1) is 17.5. The van der Waals surface area contributed by atoms with Crippen molar-refractivity contribution >= 4 is 21.9 Å². The van der Waals surface area contributed by atoms with Gasteiger partial charge in [0.1, 0.15) is 10.6 Å². The molecule has 9 heteroatoms. The van der Waals surface area contributed by atoms with Gasteiger partial charge in [-0.1, -0.05) is 0 Å². The SMILES string of the molecule is CNC(=O)c1cc(S(=O)(=O)N2CCC[C@H](C(=O)O)[C@@H]2C)cn1C. The van der Waals surface area contributed by atoms with Crippen molar-refractivity contribution in [3.05, 3.63) is 18.0 Å². The summed E-state index contributed by atoms with van der Waals surface area (Å²) in [6.45, 7) is 1.88. The zero-order valence-corrected chi connectivity index (χ0v) is 14.1. The van der Waals surface area contributed by atoms with E-state index in [1.54, 1.807) is 14.0 Å². The van der Waals surface area contributed by atoms with Gasteiger partial charge < -0.3 is 15.0 Å². The number of aryl methyl sites for hydroxylation is 1. The van der Waals surface area contributed by atoms with Crippen LogP contribution >= 0.6 is 0 Å². The molecule has 0 aliphatic carbocycles. The predicted molar refractivity (Wildman–Crippen MR) is 82.5 cm³/mol. The van der Waals surface area contributed by atoms with Gasteiger partial charge >= 0.3 is 5.97 Å². The number of aliphatic carboxylic acids is 1. The van der Waals surface area contributed by atoms with Gasteiger partial charge in [-0.25, -0.2) is 8.42 Å². The standard InChI is InChI=1S/C14H21N3O5S/c1-9-11(14(19)20)5-4-6-17(9)23(21,22)10-7-12(13(18)15-2)16(3)8-10/h7-9,11H,4-6H2,1-3H3,(H,15,18)(H,19,20)/t9-,11-/m0/s1. The number of nitrogens with zero attached hydrogens (tertiary/aromatic N) is 2. The summed E-state index contributed by atoms with van der Waals surface area (Å²) in [5, 5.41) is 11.7. The second kappa shape index (κ2) is 6.32. The smallest absolute Gasteiger partial charge is 0.308 e. The Labute approximate surface area is 135 Å². The average Bonchev–Trinajstić information content (AvgIpc) is 2.89. The number of carboxylic acids is 1. The van der Waals surface area contributed by atoms with Gasteiger partial charge in [-0.15, -0.1) is 0 Å². The Morgan fingerprint density at radius 3 is 2.61 bits per heavy atom. The van der Waals surface area contributed by atoms with Crippen LogP contribution in [0.25, 0.3) is 0 Å². The highest BCUT2D eigenvalue weighted by Crippen LogP contribution is 2.30. The predicted octanol–water partition coefficient (Wildman–Crippen LogP) is 0.259. The van der Waals surface area contributed by atoms with E-state index in [4.69, 9.17) is 0 Å². The molecule has 0 spiro atoms. The summed E-state index contributed by atoms with van der Waals surface area (Å²) in [4.78, 5) is 23.0. The van der Waals surface area contributed by atoms with Gasteiger partial charge in [0.25, 0.3) is 5.91 Å². The molecule has 1 amide bonds. The first-order valence-electron chi connectivity index (χ1n) is 7.33. The molecular weight excluding hydrogens is 322 g/mol. The van der Waals surface area contributed by atoms with Gasteiger partial charge in [0.05, 0.1) is 5.92 Å². The van der Waals surface area contributed by atoms with E-state index in [1.165, 1.54) is 28.2 Å². The Bertz CT molecular complexity index is 725. The first-order valence-corrected chi connectivity index (χ1v) is 8.77. The number of carbonyl (C=O) groups excluding carboxylic acids is 1. The molecule has 1 aliphatic heterocycles. The zero-order valence-electron chi connectivity index (χ0n) is 13.3. The molecule has 2 rings (SSSR count). The van der Waals surface area contributed by atoms with Crippen molar-refractivity contribution < 1.29 is 23.1 Å². The van der Waals surface area contributed by atoms with Crippen LogP contribution in [0.2, 0.25) is 0 Å². The van der Waals surface area contributed by atoms with Crippen LogP contribution in [0.5, 0.6) is 0 Å². The first-order chi connectivity index (χ1) is 10.7. The number of rotatable bonds is 4. The molecule has 128 valence electrons. The minimum absolute atomic E-state index is 0.00325. The highest BCUT2D eigenvalue weighted by molar-refractivity contribution is 7.89. The third-order valence-corrected chi connectivity index (χ3v) is 6.25. The largest absolute Gasteiger partial charge is 0.481 e. The molecule has 2 N–H and O–H groups in total. The van der Waals surface area contributed by atoms with Crippen LogP contribution in [0.1, 0.15) is 30.3 Å². The van der Waals surface area contributed by atoms with Crippen LogP contribution in [0.3, 0.4) is 0 Å². The fraction of sp³-hybridized carbons (Fsp3) is 0.571. The summed E-state index contributed by atoms with van der Waals surface area (Å²) in [7, 11) is -0.799. The fourth-order valence-electron chi connectivity index (χ4n) is 2.95. The highest BCUT2D eigenvalue weighted by Gasteiger charge is 2.40. The Hall–Kier alpha value is -1.87. The van der Waals surface area contributed by atoms with Crippen LogP contribution in [-0.2, 0) is 21.9 Å². The second-order valence-corrected chi connectivity index (χ2v) is 7.58. The molecule has 1 aromatic rings. The molecule has 1 aromatic heterocycles. The molecule has 1 fully saturated rings. The van der Waals surface area contributed by atoms with Crippen molar-refractivity contribution in [3.8, 4) is 0 Å². The van der Waals surface area contributed by atoms with Crippen molar-refractivity contribution in [1.29, 1.82) is 0 Å². The average molecular weight is 343 g/mol. The number of sulfonamides is 1. The van der Waals surface area contributed by atoms with E-state index in [0.717, 1.165) is 0 Å². The van der Waals surface area contributed by atoms with Crippen molar-refractivity contribution in [2.24, 2.45) is 13.0 Å². The Kier molecular flexibility index (Phi) is 4.81. The van der Waals surface area contributed by atoms with E-state index in [9.17, 15) is 23.1 Å². The van der Waals surface area contributed by atoms with E-state index < -0.39 is 28.0 Å². The molecule has 0 bridgehead atoms. The number of amides is 1. The molecule has 1 aliphatic rings. The molecule has 23 heavy (non-hydrogen) atoms. The van der Waals surface area contributed by atoms with Gasteiger partial charge in [-0.05, 0) is 25.8 Å². The Balaban J connectivity index is 2.38. The molecule has 2 atom stereocenters. The Morgan fingerprint density at radius 2 is 2.04 bits per heavy atom. The third kappa shape index (κ3) is 3.11. The van der Waals surface area contributed by atoms with Crippen LogP contribution in [-0.4, -0.2) is 53.9 Å². The topological polar surface area (TPSA) is 109 Å². The van der Waals surface area contributed by atoms with Crippen LogP contribution in [0, 0.1) is 5.92 Å². The van der Waals surface area contributed by atoms with Gasteiger partial charge in [0.15, 0.2) is 0 Å². The van der Waals surface area contributed by atoms with Crippen molar-refractivity contribution in [2.75, 3.05) is 13.6 Å². The van der Waals surface area contributed by atoms with E-state index in [0.29, 0.717) is 12.8 Å². The summed E-state index contributed by atoms with van der Waals surface area (Å²) in [6.07, 6.45) is 2.33. The number of piperidine rings is 1. The number of carboxylic acid groups (broad SMARTS) is 1. The molecule has 0 radical (unpaired) electrons.